The summed E-state index contributed by atoms with van der Waals surface area (Å²) in [5.41, 5.74) is -0.212. The molecule has 0 amide bonds. The Balaban J connectivity index is 2.27. The molecule has 0 radical (unpaired) electrons. The molecule has 1 heterocycles. The van der Waals surface area contributed by atoms with Crippen LogP contribution in [0.2, 0.25) is 0 Å². The summed E-state index contributed by atoms with van der Waals surface area (Å²) in [5.74, 6) is 0. The van der Waals surface area contributed by atoms with Gasteiger partial charge in [-0.1, -0.05) is 4.85 Å². The maximum atomic E-state index is 5.78. The molecule has 1 saturated carbocycles. The van der Waals surface area contributed by atoms with E-state index in [0.29, 0.717) is 0 Å². The molecule has 0 aromatic rings. The molecule has 0 spiro atoms. The Bertz CT molecular complexity index is 236. The van der Waals surface area contributed by atoms with Gasteiger partial charge in [0, 0.05) is 19.6 Å². The highest BCUT2D eigenvalue weighted by Gasteiger charge is 2.57. The summed E-state index contributed by atoms with van der Waals surface area (Å²) >= 11 is 0. The van der Waals surface area contributed by atoms with Gasteiger partial charge < -0.3 is 4.74 Å². The number of fused-ring (bicyclic) bond motifs is 1. The second kappa shape index (κ2) is 3.28. The fourth-order valence-electron chi connectivity index (χ4n) is 2.56. The van der Waals surface area contributed by atoms with Crippen LogP contribution in [-0.2, 0) is 4.74 Å². The Hall–Kier alpha value is -0.590. The van der Waals surface area contributed by atoms with E-state index in [1.165, 1.54) is 6.42 Å². The Morgan fingerprint density at radius 3 is 3.15 bits per heavy atom. The lowest BCUT2D eigenvalue weighted by Gasteiger charge is -2.25. The van der Waals surface area contributed by atoms with Gasteiger partial charge in [0.2, 0.25) is 0 Å². The summed E-state index contributed by atoms with van der Waals surface area (Å²) in [6.07, 6.45) is 4.64. The molecule has 0 unspecified atom stereocenters. The minimum atomic E-state index is -0.212. The third-order valence-electron chi connectivity index (χ3n) is 3.37. The SMILES string of the molecule is C#[N+][C@]12CCC[C@@H]1OCCCN2C. The predicted molar refractivity (Wildman–Crippen MR) is 51.9 cm³/mol. The molecule has 13 heavy (non-hydrogen) atoms. The number of hydrogen-bond acceptors (Lipinski definition) is 2. The first-order chi connectivity index (χ1) is 6.29. The molecular formula is C10H17N2O+. The molecule has 3 heteroatoms. The van der Waals surface area contributed by atoms with Crippen molar-refractivity contribution in [3.8, 4) is 6.57 Å². The highest BCUT2D eigenvalue weighted by Crippen LogP contribution is 2.39. The summed E-state index contributed by atoms with van der Waals surface area (Å²) in [4.78, 5) is 6.34. The van der Waals surface area contributed by atoms with Crippen molar-refractivity contribution in [2.24, 2.45) is 0 Å². The summed E-state index contributed by atoms with van der Waals surface area (Å²) in [5, 5.41) is 0. The summed E-state index contributed by atoms with van der Waals surface area (Å²) in [6, 6.07) is 0. The van der Waals surface area contributed by atoms with Gasteiger partial charge in [0.05, 0.1) is 0 Å². The molecule has 0 aromatic heterocycles. The second-order valence-corrected chi connectivity index (χ2v) is 4.03. The van der Waals surface area contributed by atoms with Crippen molar-refractivity contribution in [2.75, 3.05) is 20.2 Å². The fraction of sp³-hybridized carbons (Fsp3) is 0.900. The molecule has 2 aliphatic rings. The van der Waals surface area contributed by atoms with E-state index in [0.717, 1.165) is 32.4 Å². The third kappa shape index (κ3) is 1.25. The van der Waals surface area contributed by atoms with Crippen molar-refractivity contribution in [1.82, 2.24) is 4.90 Å². The van der Waals surface area contributed by atoms with E-state index in [2.05, 4.69) is 16.8 Å². The molecule has 1 saturated heterocycles. The molecule has 2 fully saturated rings. The summed E-state index contributed by atoms with van der Waals surface area (Å²) in [7, 11) is 2.10. The van der Waals surface area contributed by atoms with Gasteiger partial charge in [-0.3, -0.25) is 0 Å². The quantitative estimate of drug-likeness (QED) is 0.564. The van der Waals surface area contributed by atoms with E-state index in [9.17, 15) is 0 Å². The smallest absolute Gasteiger partial charge is 0.362 e. The van der Waals surface area contributed by atoms with Gasteiger partial charge in [-0.2, -0.15) is 0 Å². The van der Waals surface area contributed by atoms with E-state index in [1.807, 2.05) is 0 Å². The van der Waals surface area contributed by atoms with Crippen molar-refractivity contribution < 1.29 is 4.74 Å². The van der Waals surface area contributed by atoms with Gasteiger partial charge in [-0.25, -0.2) is 4.90 Å². The maximum Gasteiger partial charge on any atom is 0.362 e. The minimum Gasteiger partial charge on any atom is -0.368 e. The van der Waals surface area contributed by atoms with Gasteiger partial charge >= 0.3 is 5.66 Å². The Kier molecular flexibility index (Phi) is 2.27. The van der Waals surface area contributed by atoms with Gasteiger partial charge in [0.15, 0.2) is 6.10 Å². The predicted octanol–water partition coefficient (Wildman–Crippen LogP) is 1.55. The van der Waals surface area contributed by atoms with Crippen LogP contribution in [0.15, 0.2) is 0 Å². The van der Waals surface area contributed by atoms with Gasteiger partial charge in [0.25, 0.3) is 6.57 Å². The first kappa shape index (κ1) is 8.98. The molecule has 3 nitrogen and oxygen atoms in total. The highest BCUT2D eigenvalue weighted by molar-refractivity contribution is 5.09. The molecule has 0 aromatic carbocycles. The second-order valence-electron chi connectivity index (χ2n) is 4.03. The Morgan fingerprint density at radius 1 is 1.54 bits per heavy atom. The van der Waals surface area contributed by atoms with E-state index in [-0.39, 0.29) is 11.8 Å². The number of rotatable bonds is 0. The molecule has 2 atom stereocenters. The first-order valence-corrected chi connectivity index (χ1v) is 5.04. The van der Waals surface area contributed by atoms with Crippen LogP contribution in [0.3, 0.4) is 0 Å². The third-order valence-corrected chi connectivity index (χ3v) is 3.37. The van der Waals surface area contributed by atoms with Crippen LogP contribution in [0, 0.1) is 6.57 Å². The zero-order valence-electron chi connectivity index (χ0n) is 8.20. The van der Waals surface area contributed by atoms with Crippen LogP contribution in [-0.4, -0.2) is 36.9 Å². The molecule has 2 rings (SSSR count). The van der Waals surface area contributed by atoms with Gasteiger partial charge in [0.1, 0.15) is 0 Å². The van der Waals surface area contributed by atoms with Crippen molar-refractivity contribution >= 4 is 0 Å². The zero-order valence-corrected chi connectivity index (χ0v) is 8.20. The van der Waals surface area contributed by atoms with Crippen LogP contribution < -0.4 is 0 Å². The molecule has 1 aliphatic heterocycles. The molecule has 0 N–H and O–H groups in total. The maximum absolute atomic E-state index is 5.78. The van der Waals surface area contributed by atoms with Crippen LogP contribution in [0.1, 0.15) is 25.7 Å². The normalized spacial score (nSPS) is 40.8. The zero-order chi connectivity index (χ0) is 9.31. The Labute approximate surface area is 79.5 Å². The molecule has 72 valence electrons. The van der Waals surface area contributed by atoms with Crippen LogP contribution >= 0.6 is 0 Å². The highest BCUT2D eigenvalue weighted by atomic mass is 16.5. The lowest BCUT2D eigenvalue weighted by Crippen LogP contribution is -2.48. The number of hydrogen-bond donors (Lipinski definition) is 0. The number of likely N-dealkylation sites (N-methyl/N-ethyl adjacent to an activating group) is 1. The molecule has 1 aliphatic carbocycles. The number of ether oxygens (including phenoxy) is 1. The Morgan fingerprint density at radius 2 is 2.38 bits per heavy atom. The van der Waals surface area contributed by atoms with Gasteiger partial charge in [-0.15, -0.1) is 0 Å². The average Bonchev–Trinajstić information content (AvgIpc) is 2.50. The fourth-order valence-corrected chi connectivity index (χ4v) is 2.56. The van der Waals surface area contributed by atoms with E-state index < -0.39 is 0 Å². The monoisotopic (exact) mass is 181 g/mol. The van der Waals surface area contributed by atoms with E-state index in [1.54, 1.807) is 0 Å². The standard InChI is InChI=1S/C10H17N2O/c1-11-10-6-3-5-9(10)13-8-4-7-12(10)2/h1,9H,3-8H2,2H3/q+1/t9-,10-/m0/s1. The van der Waals surface area contributed by atoms with Crippen molar-refractivity contribution in [2.45, 2.75) is 37.5 Å². The number of nitrogens with zero attached hydrogens (tertiary/aromatic N) is 2. The van der Waals surface area contributed by atoms with Gasteiger partial charge in [-0.05, 0) is 26.3 Å². The van der Waals surface area contributed by atoms with Crippen LogP contribution in [0.4, 0.5) is 0 Å². The summed E-state index contributed by atoms with van der Waals surface area (Å²) < 4.78 is 5.78. The molecule has 0 bridgehead atoms. The lowest BCUT2D eigenvalue weighted by atomic mass is 10.1. The van der Waals surface area contributed by atoms with E-state index in [4.69, 9.17) is 11.3 Å². The lowest BCUT2D eigenvalue weighted by molar-refractivity contribution is 0.00548. The van der Waals surface area contributed by atoms with Crippen molar-refractivity contribution in [3.63, 3.8) is 0 Å². The van der Waals surface area contributed by atoms with Crippen molar-refractivity contribution in [3.05, 3.63) is 4.85 Å². The van der Waals surface area contributed by atoms with E-state index >= 15 is 0 Å². The van der Waals surface area contributed by atoms with Crippen molar-refractivity contribution in [1.29, 1.82) is 0 Å². The van der Waals surface area contributed by atoms with Crippen LogP contribution in [0.5, 0.6) is 0 Å². The topological polar surface area (TPSA) is 16.8 Å². The average molecular weight is 181 g/mol. The summed E-state index contributed by atoms with van der Waals surface area (Å²) in [6.45, 7) is 7.43. The van der Waals surface area contributed by atoms with Crippen LogP contribution in [0.25, 0.3) is 4.85 Å². The molecular weight excluding hydrogens is 164 g/mol. The largest absolute Gasteiger partial charge is 0.368 e. The first-order valence-electron chi connectivity index (χ1n) is 5.04. The minimum absolute atomic E-state index is 0.212.